The molecule has 0 aliphatic rings. The van der Waals surface area contributed by atoms with E-state index in [1.165, 1.54) is 11.8 Å². The van der Waals surface area contributed by atoms with Gasteiger partial charge in [-0.3, -0.25) is 9.59 Å². The molecule has 0 fully saturated rings. The first kappa shape index (κ1) is 24.3. The predicted octanol–water partition coefficient (Wildman–Crippen LogP) is 4.15. The van der Waals surface area contributed by atoms with Crippen LogP contribution >= 0.6 is 11.8 Å². The third kappa shape index (κ3) is 5.92. The van der Waals surface area contributed by atoms with Crippen LogP contribution in [-0.2, 0) is 11.3 Å². The third-order valence-electron chi connectivity index (χ3n) is 5.15. The van der Waals surface area contributed by atoms with Gasteiger partial charge in [0.05, 0.1) is 24.6 Å². The van der Waals surface area contributed by atoms with Crippen molar-refractivity contribution in [2.45, 2.75) is 45.4 Å². The Labute approximate surface area is 198 Å². The van der Waals surface area contributed by atoms with Crippen LogP contribution in [0.1, 0.15) is 47.2 Å². The lowest BCUT2D eigenvalue weighted by atomic mass is 10.1. The number of thioether (sulfide) groups is 1. The first-order valence-electron chi connectivity index (χ1n) is 10.7. The van der Waals surface area contributed by atoms with E-state index < -0.39 is 0 Å². The number of hydrogen-bond acceptors (Lipinski definition) is 6. The minimum atomic E-state index is -0.343. The molecule has 0 saturated carbocycles. The lowest BCUT2D eigenvalue weighted by Crippen LogP contribution is -2.29. The number of anilines is 1. The third-order valence-corrected chi connectivity index (χ3v) is 6.11. The highest BCUT2D eigenvalue weighted by Crippen LogP contribution is 2.26. The molecule has 0 saturated heterocycles. The maximum atomic E-state index is 12.7. The molecule has 0 aliphatic carbocycles. The normalized spacial score (nSPS) is 11.7. The van der Waals surface area contributed by atoms with Gasteiger partial charge < -0.3 is 19.9 Å². The molecule has 0 spiro atoms. The van der Waals surface area contributed by atoms with Crippen molar-refractivity contribution in [1.29, 1.82) is 0 Å². The number of nitrogens with one attached hydrogen (secondary N) is 2. The van der Waals surface area contributed by atoms with E-state index >= 15 is 0 Å². The Kier molecular flexibility index (Phi) is 8.11. The molecular formula is C24H29N5O3S. The molecule has 0 radical (unpaired) electrons. The summed E-state index contributed by atoms with van der Waals surface area (Å²) >= 11 is 1.30. The van der Waals surface area contributed by atoms with Crippen LogP contribution in [-0.4, -0.2) is 39.4 Å². The fourth-order valence-corrected chi connectivity index (χ4v) is 4.24. The van der Waals surface area contributed by atoms with Gasteiger partial charge in [0.15, 0.2) is 11.0 Å². The lowest BCUT2D eigenvalue weighted by Gasteiger charge is -2.16. The number of benzene rings is 2. The topological polar surface area (TPSA) is 98.1 Å². The smallest absolute Gasteiger partial charge is 0.252 e. The summed E-state index contributed by atoms with van der Waals surface area (Å²) in [5.41, 5.74) is 3.19. The molecular weight excluding hydrogens is 438 g/mol. The van der Waals surface area contributed by atoms with Crippen LogP contribution in [0, 0.1) is 13.8 Å². The fraction of sp³-hybridized carbons (Fsp3) is 0.333. The maximum absolute atomic E-state index is 12.7. The summed E-state index contributed by atoms with van der Waals surface area (Å²) in [5, 5.41) is 15.0. The second-order valence-electron chi connectivity index (χ2n) is 7.64. The van der Waals surface area contributed by atoms with Crippen LogP contribution in [0.25, 0.3) is 0 Å². The summed E-state index contributed by atoms with van der Waals surface area (Å²) in [7, 11) is 1.57. The molecule has 33 heavy (non-hydrogen) atoms. The van der Waals surface area contributed by atoms with Crippen molar-refractivity contribution < 1.29 is 14.3 Å². The molecule has 9 heteroatoms. The summed E-state index contributed by atoms with van der Waals surface area (Å²) < 4.78 is 7.23. The highest BCUT2D eigenvalue weighted by atomic mass is 32.2. The van der Waals surface area contributed by atoms with Crippen LogP contribution in [0.15, 0.2) is 47.6 Å². The molecule has 2 aromatic carbocycles. The summed E-state index contributed by atoms with van der Waals surface area (Å²) in [6.07, 6.45) is 0. The zero-order valence-corrected chi connectivity index (χ0v) is 20.3. The van der Waals surface area contributed by atoms with Crippen molar-refractivity contribution in [3.63, 3.8) is 0 Å². The molecule has 3 rings (SSSR count). The van der Waals surface area contributed by atoms with Crippen molar-refractivity contribution in [3.05, 3.63) is 65.0 Å². The second kappa shape index (κ2) is 11.0. The van der Waals surface area contributed by atoms with Gasteiger partial charge in [-0.1, -0.05) is 36.0 Å². The van der Waals surface area contributed by atoms with E-state index in [2.05, 4.69) is 20.8 Å². The lowest BCUT2D eigenvalue weighted by molar-refractivity contribution is -0.113. The monoisotopic (exact) mass is 467 g/mol. The Hall–Kier alpha value is -3.33. The van der Waals surface area contributed by atoms with Crippen molar-refractivity contribution in [2.75, 3.05) is 18.2 Å². The molecule has 1 atom stereocenters. The van der Waals surface area contributed by atoms with Crippen LogP contribution in [0.3, 0.4) is 0 Å². The molecule has 1 aromatic heterocycles. The van der Waals surface area contributed by atoms with Crippen molar-refractivity contribution in [3.8, 4) is 5.75 Å². The number of aryl methyl sites for hydroxylation is 2. The quantitative estimate of drug-likeness (QED) is 0.459. The van der Waals surface area contributed by atoms with Gasteiger partial charge >= 0.3 is 0 Å². The highest BCUT2D eigenvalue weighted by Gasteiger charge is 2.21. The van der Waals surface area contributed by atoms with Crippen molar-refractivity contribution in [2.24, 2.45) is 0 Å². The Bertz CT molecular complexity index is 1140. The summed E-state index contributed by atoms with van der Waals surface area (Å²) in [6, 6.07) is 12.7. The van der Waals surface area contributed by atoms with Gasteiger partial charge in [-0.05, 0) is 57.0 Å². The minimum absolute atomic E-state index is 0.160. The van der Waals surface area contributed by atoms with Gasteiger partial charge in [-0.15, -0.1) is 10.2 Å². The molecule has 1 heterocycles. The van der Waals surface area contributed by atoms with E-state index in [0.29, 0.717) is 34.5 Å². The fourth-order valence-electron chi connectivity index (χ4n) is 3.43. The minimum Gasteiger partial charge on any atom is -0.495 e. The standard InChI is InChI=1S/C24H29N5O3S/c1-6-29-22(17(4)25-23(31)18-10-8-7-9-16(18)3)27-28-24(29)33-14-21(30)26-19-13-15(2)11-12-20(19)32-5/h7-13,17H,6,14H2,1-5H3,(H,25,31)(H,26,30)/t17-/m1/s1. The molecule has 174 valence electrons. The largest absolute Gasteiger partial charge is 0.495 e. The average molecular weight is 468 g/mol. The van der Waals surface area contributed by atoms with E-state index in [-0.39, 0.29) is 23.6 Å². The van der Waals surface area contributed by atoms with Gasteiger partial charge in [0.25, 0.3) is 5.91 Å². The second-order valence-corrected chi connectivity index (χ2v) is 8.58. The summed E-state index contributed by atoms with van der Waals surface area (Å²) in [6.45, 7) is 8.32. The van der Waals surface area contributed by atoms with Gasteiger partial charge in [0, 0.05) is 12.1 Å². The summed E-state index contributed by atoms with van der Waals surface area (Å²) in [5.74, 6) is 1.09. The molecule has 0 bridgehead atoms. The number of methoxy groups -OCH3 is 1. The first-order valence-corrected chi connectivity index (χ1v) is 11.7. The number of amides is 2. The molecule has 2 amide bonds. The number of rotatable bonds is 9. The van der Waals surface area contributed by atoms with Gasteiger partial charge in [-0.25, -0.2) is 0 Å². The SMILES string of the molecule is CCn1c(SCC(=O)Nc2cc(C)ccc2OC)nnc1[C@@H](C)NC(=O)c1ccccc1C. The molecule has 0 aliphatic heterocycles. The number of carbonyl (C=O) groups is 2. The highest BCUT2D eigenvalue weighted by molar-refractivity contribution is 7.99. The van der Waals surface area contributed by atoms with Crippen molar-refractivity contribution in [1.82, 2.24) is 20.1 Å². The van der Waals surface area contributed by atoms with Crippen LogP contribution in [0.5, 0.6) is 5.75 Å². The number of ether oxygens (including phenoxy) is 1. The van der Waals surface area contributed by atoms with Crippen molar-refractivity contribution >= 4 is 29.3 Å². The number of aromatic nitrogens is 3. The molecule has 3 aromatic rings. The van der Waals surface area contributed by atoms with E-state index in [9.17, 15) is 9.59 Å². The zero-order valence-electron chi connectivity index (χ0n) is 19.5. The number of carbonyl (C=O) groups excluding carboxylic acids is 2. The number of hydrogen-bond donors (Lipinski definition) is 2. The Morgan fingerprint density at radius 1 is 1.15 bits per heavy atom. The molecule has 8 nitrogen and oxygen atoms in total. The zero-order chi connectivity index (χ0) is 24.0. The Balaban J connectivity index is 1.65. The molecule has 2 N–H and O–H groups in total. The molecule has 0 unspecified atom stereocenters. The maximum Gasteiger partial charge on any atom is 0.252 e. The van der Waals surface area contributed by atoms with Crippen LogP contribution < -0.4 is 15.4 Å². The Morgan fingerprint density at radius 2 is 1.91 bits per heavy atom. The predicted molar refractivity (Wildman–Crippen MR) is 130 cm³/mol. The Morgan fingerprint density at radius 3 is 2.61 bits per heavy atom. The number of nitrogens with zero attached hydrogens (tertiary/aromatic N) is 3. The first-order chi connectivity index (χ1) is 15.8. The van der Waals surface area contributed by atoms with E-state index in [0.717, 1.165) is 11.1 Å². The van der Waals surface area contributed by atoms with E-state index in [1.54, 1.807) is 13.2 Å². The van der Waals surface area contributed by atoms with Crippen LogP contribution in [0.2, 0.25) is 0 Å². The van der Waals surface area contributed by atoms with Gasteiger partial charge in [0.1, 0.15) is 5.75 Å². The van der Waals surface area contributed by atoms with Gasteiger partial charge in [-0.2, -0.15) is 0 Å². The van der Waals surface area contributed by atoms with Crippen LogP contribution in [0.4, 0.5) is 5.69 Å². The average Bonchev–Trinajstić information content (AvgIpc) is 3.21. The summed E-state index contributed by atoms with van der Waals surface area (Å²) in [4.78, 5) is 25.2. The van der Waals surface area contributed by atoms with E-state index in [1.807, 2.05) is 68.7 Å². The van der Waals surface area contributed by atoms with Gasteiger partial charge in [0.2, 0.25) is 5.91 Å². The van der Waals surface area contributed by atoms with E-state index in [4.69, 9.17) is 4.74 Å².